The molecule has 2 saturated heterocycles. The maximum atomic E-state index is 14.2. The fourth-order valence-corrected chi connectivity index (χ4v) is 6.51. The quantitative estimate of drug-likeness (QED) is 0.214. The molecule has 0 radical (unpaired) electrons. The Morgan fingerprint density at radius 1 is 0.958 bits per heavy atom. The summed E-state index contributed by atoms with van der Waals surface area (Å²) in [5, 5.41) is 12.0. The van der Waals surface area contributed by atoms with E-state index in [1.807, 2.05) is 28.8 Å². The van der Waals surface area contributed by atoms with Crippen molar-refractivity contribution in [3.63, 3.8) is 0 Å². The number of imidazole rings is 2. The summed E-state index contributed by atoms with van der Waals surface area (Å²) in [6, 6.07) is 12.2. The first-order valence-corrected chi connectivity index (χ1v) is 15.5. The summed E-state index contributed by atoms with van der Waals surface area (Å²) in [7, 11) is 1.17. The van der Waals surface area contributed by atoms with Gasteiger partial charge in [-0.15, -0.1) is 0 Å². The normalized spacial score (nSPS) is 18.6. The average Bonchev–Trinajstić information content (AvgIpc) is 3.89. The van der Waals surface area contributed by atoms with E-state index in [1.54, 1.807) is 36.7 Å². The standard InChI is InChI=1S/C33H34F3N7O5/c1-19(38-31(45)48-2)30(44)42-16-3-5-24(42)28-39-26(27(40-28)33(34,35)36)22-9-7-20(8-10-22)21-11-13-23(14-12-21)41-18-15-37-29(41)25-6-4-17-43(25)32(46)47/h7-15,18-19,24-25H,3-6,16-17H2,1-2H3,(H,38,45)(H,39,40)(H,46,47)/t19-,24-,25-/m0/s1. The summed E-state index contributed by atoms with van der Waals surface area (Å²) in [5.74, 6) is 0.217. The molecular formula is C33H34F3N7O5. The number of rotatable bonds is 7. The van der Waals surface area contributed by atoms with Gasteiger partial charge in [-0.25, -0.2) is 19.6 Å². The van der Waals surface area contributed by atoms with Crippen LogP contribution in [-0.2, 0) is 15.7 Å². The number of likely N-dealkylation sites (tertiary alicyclic amines) is 2. The van der Waals surface area contributed by atoms with Crippen LogP contribution in [-0.4, -0.2) is 78.8 Å². The minimum Gasteiger partial charge on any atom is -0.465 e. The van der Waals surface area contributed by atoms with E-state index in [0.29, 0.717) is 38.2 Å². The van der Waals surface area contributed by atoms with E-state index in [4.69, 9.17) is 0 Å². The van der Waals surface area contributed by atoms with E-state index in [9.17, 15) is 32.7 Å². The van der Waals surface area contributed by atoms with Crippen molar-refractivity contribution >= 4 is 18.1 Å². The molecule has 0 spiro atoms. The predicted molar refractivity (Wildman–Crippen MR) is 167 cm³/mol. The summed E-state index contributed by atoms with van der Waals surface area (Å²) in [6.07, 6.45) is -0.663. The third kappa shape index (κ3) is 6.31. The molecule has 2 aliphatic rings. The molecule has 4 aromatic rings. The Morgan fingerprint density at radius 2 is 1.56 bits per heavy atom. The molecule has 3 N–H and O–H groups in total. The van der Waals surface area contributed by atoms with Crippen molar-refractivity contribution in [1.29, 1.82) is 0 Å². The first-order valence-electron chi connectivity index (χ1n) is 15.5. The second-order valence-corrected chi connectivity index (χ2v) is 11.8. The number of methoxy groups -OCH3 is 1. The van der Waals surface area contributed by atoms with Crippen LogP contribution >= 0.6 is 0 Å². The molecule has 0 aliphatic carbocycles. The predicted octanol–water partition coefficient (Wildman–Crippen LogP) is 6.17. The Bertz CT molecular complexity index is 1800. The van der Waals surface area contributed by atoms with Crippen LogP contribution in [0.2, 0.25) is 0 Å². The number of ether oxygens (including phenoxy) is 1. The van der Waals surface area contributed by atoms with E-state index < -0.39 is 42.0 Å². The number of benzene rings is 2. The number of hydrogen-bond acceptors (Lipinski definition) is 6. The van der Waals surface area contributed by atoms with Crippen LogP contribution in [0.5, 0.6) is 0 Å². The van der Waals surface area contributed by atoms with Crippen molar-refractivity contribution in [2.24, 2.45) is 0 Å². The van der Waals surface area contributed by atoms with E-state index >= 15 is 0 Å². The van der Waals surface area contributed by atoms with Crippen LogP contribution in [0.3, 0.4) is 0 Å². The number of halogens is 3. The van der Waals surface area contributed by atoms with Gasteiger partial charge in [-0.1, -0.05) is 36.4 Å². The molecule has 6 rings (SSSR count). The lowest BCUT2D eigenvalue weighted by atomic mass is 10.0. The summed E-state index contributed by atoms with van der Waals surface area (Å²) >= 11 is 0. The molecule has 2 fully saturated rings. The zero-order chi connectivity index (χ0) is 34.2. The highest BCUT2D eigenvalue weighted by Crippen LogP contribution is 2.40. The number of hydrogen-bond donors (Lipinski definition) is 3. The molecule has 2 aromatic carbocycles. The van der Waals surface area contributed by atoms with E-state index in [2.05, 4.69) is 25.0 Å². The molecule has 2 aliphatic heterocycles. The number of amides is 3. The molecule has 0 bridgehead atoms. The van der Waals surface area contributed by atoms with Crippen LogP contribution in [0.25, 0.3) is 28.1 Å². The topological polar surface area (TPSA) is 146 Å². The Kier molecular flexibility index (Phi) is 8.86. The number of aromatic nitrogens is 4. The van der Waals surface area contributed by atoms with Crippen LogP contribution in [0.4, 0.5) is 22.8 Å². The molecule has 252 valence electrons. The zero-order valence-corrected chi connectivity index (χ0v) is 26.2. The number of nitrogens with one attached hydrogen (secondary N) is 2. The van der Waals surface area contributed by atoms with E-state index in [-0.39, 0.29) is 23.1 Å². The van der Waals surface area contributed by atoms with Crippen molar-refractivity contribution in [1.82, 2.24) is 34.6 Å². The van der Waals surface area contributed by atoms with Gasteiger partial charge in [0.15, 0.2) is 5.69 Å². The SMILES string of the molecule is COC(=O)N[C@@H](C)C(=O)N1CCC[C@H]1c1nc(C(F)(F)F)c(-c2ccc(-c3ccc(-n4ccnc4[C@@H]4CCCN4C(=O)O)cc3)cc2)[nH]1. The number of carbonyl (C=O) groups excluding carboxylic acids is 2. The first kappa shape index (κ1) is 32.6. The Balaban J connectivity index is 1.23. The molecule has 3 amide bonds. The largest absolute Gasteiger partial charge is 0.465 e. The summed E-state index contributed by atoms with van der Waals surface area (Å²) in [5.41, 5.74) is 1.41. The van der Waals surface area contributed by atoms with Crippen LogP contribution in [0, 0.1) is 0 Å². The lowest BCUT2D eigenvalue weighted by molar-refractivity contribution is -0.140. The van der Waals surface area contributed by atoms with Gasteiger partial charge in [0, 0.05) is 36.7 Å². The van der Waals surface area contributed by atoms with Crippen molar-refractivity contribution in [3.8, 4) is 28.1 Å². The Labute approximate surface area is 273 Å². The minimum atomic E-state index is -4.75. The van der Waals surface area contributed by atoms with Crippen molar-refractivity contribution in [2.75, 3.05) is 20.2 Å². The summed E-state index contributed by atoms with van der Waals surface area (Å²) in [6.45, 7) is 2.25. The smallest absolute Gasteiger partial charge is 0.435 e. The van der Waals surface area contributed by atoms with E-state index in [1.165, 1.54) is 23.8 Å². The van der Waals surface area contributed by atoms with Crippen molar-refractivity contribution in [3.05, 3.63) is 78.3 Å². The Morgan fingerprint density at radius 3 is 2.19 bits per heavy atom. The van der Waals surface area contributed by atoms with Crippen LogP contribution in [0.15, 0.2) is 60.9 Å². The fraction of sp³-hybridized carbons (Fsp3) is 0.364. The number of H-pyrrole nitrogens is 1. The number of alkyl carbamates (subject to hydrolysis) is 1. The van der Waals surface area contributed by atoms with E-state index in [0.717, 1.165) is 23.2 Å². The number of carboxylic acid groups (broad SMARTS) is 1. The molecular weight excluding hydrogens is 631 g/mol. The third-order valence-electron chi connectivity index (χ3n) is 8.85. The molecule has 12 nitrogen and oxygen atoms in total. The molecule has 3 atom stereocenters. The molecule has 0 saturated carbocycles. The molecule has 48 heavy (non-hydrogen) atoms. The molecule has 15 heteroatoms. The van der Waals surface area contributed by atoms with Crippen molar-refractivity contribution in [2.45, 2.75) is 56.9 Å². The molecule has 4 heterocycles. The highest BCUT2D eigenvalue weighted by atomic mass is 19.4. The molecule has 0 unspecified atom stereocenters. The average molecular weight is 666 g/mol. The van der Waals surface area contributed by atoms with Gasteiger partial charge in [0.25, 0.3) is 0 Å². The number of alkyl halides is 3. The van der Waals surface area contributed by atoms with Gasteiger partial charge in [0.2, 0.25) is 5.91 Å². The van der Waals surface area contributed by atoms with Crippen molar-refractivity contribution < 1.29 is 37.4 Å². The number of aromatic amines is 1. The third-order valence-corrected chi connectivity index (χ3v) is 8.85. The Hall–Kier alpha value is -5.34. The van der Waals surface area contributed by atoms with Crippen LogP contribution < -0.4 is 5.32 Å². The zero-order valence-electron chi connectivity index (χ0n) is 26.2. The lowest BCUT2D eigenvalue weighted by Crippen LogP contribution is -2.46. The van der Waals surface area contributed by atoms with Gasteiger partial charge in [0.05, 0.1) is 24.9 Å². The van der Waals surface area contributed by atoms with Crippen LogP contribution in [0.1, 0.15) is 62.0 Å². The van der Waals surface area contributed by atoms with Gasteiger partial charge in [-0.2, -0.15) is 13.2 Å². The number of nitrogens with zero attached hydrogens (tertiary/aromatic N) is 5. The highest BCUT2D eigenvalue weighted by molar-refractivity contribution is 5.85. The highest BCUT2D eigenvalue weighted by Gasteiger charge is 2.41. The summed E-state index contributed by atoms with van der Waals surface area (Å²) in [4.78, 5) is 50.4. The first-order chi connectivity index (χ1) is 23.0. The minimum absolute atomic E-state index is 0.0241. The maximum absolute atomic E-state index is 14.2. The van der Waals surface area contributed by atoms with Gasteiger partial charge in [-0.3, -0.25) is 9.69 Å². The molecule has 2 aromatic heterocycles. The fourth-order valence-electron chi connectivity index (χ4n) is 6.51. The van der Waals surface area contributed by atoms with Gasteiger partial charge < -0.3 is 29.6 Å². The second kappa shape index (κ2) is 13.0. The second-order valence-electron chi connectivity index (χ2n) is 11.8. The van der Waals surface area contributed by atoms with Gasteiger partial charge in [-0.05, 0) is 55.9 Å². The summed E-state index contributed by atoms with van der Waals surface area (Å²) < 4.78 is 49.1. The monoisotopic (exact) mass is 665 g/mol. The van der Waals surface area contributed by atoms with Gasteiger partial charge in [0.1, 0.15) is 17.7 Å². The lowest BCUT2D eigenvalue weighted by Gasteiger charge is -2.26. The number of carbonyl (C=O) groups is 3. The van der Waals surface area contributed by atoms with Gasteiger partial charge >= 0.3 is 18.4 Å². The maximum Gasteiger partial charge on any atom is 0.435 e.